The van der Waals surface area contributed by atoms with Gasteiger partial charge >= 0.3 is 0 Å². The molecule has 2 aromatic rings. The second-order valence-corrected chi connectivity index (χ2v) is 8.47. The lowest BCUT2D eigenvalue weighted by Gasteiger charge is -2.12. The first kappa shape index (κ1) is 21.5. The van der Waals surface area contributed by atoms with Crippen molar-refractivity contribution in [3.63, 3.8) is 0 Å². The maximum Gasteiger partial charge on any atom is 0.261 e. The first-order valence-corrected chi connectivity index (χ1v) is 10.1. The van der Waals surface area contributed by atoms with Gasteiger partial charge in [0.05, 0.1) is 10.6 Å². The highest BCUT2D eigenvalue weighted by molar-refractivity contribution is 7.92. The Kier molecular flexibility index (Phi) is 7.11. The number of amides is 1. The smallest absolute Gasteiger partial charge is 0.261 e. The second-order valence-electron chi connectivity index (χ2n) is 6.35. The first-order valence-electron chi connectivity index (χ1n) is 8.27. The summed E-state index contributed by atoms with van der Waals surface area (Å²) in [6, 6.07) is 12.2. The van der Waals surface area contributed by atoms with Crippen LogP contribution in [0.3, 0.4) is 0 Å². The van der Waals surface area contributed by atoms with Gasteiger partial charge in [-0.15, -0.1) is 12.4 Å². The van der Waals surface area contributed by atoms with E-state index in [1.807, 2.05) is 0 Å². The van der Waals surface area contributed by atoms with Crippen LogP contribution in [0.2, 0.25) is 5.02 Å². The number of rotatable bonds is 7. The summed E-state index contributed by atoms with van der Waals surface area (Å²) in [5, 5.41) is 3.18. The molecular weight excluding hydrogens is 409 g/mol. The van der Waals surface area contributed by atoms with Gasteiger partial charge in [-0.05, 0) is 55.2 Å². The zero-order valence-electron chi connectivity index (χ0n) is 14.4. The molecule has 1 unspecified atom stereocenters. The third-order valence-electron chi connectivity index (χ3n) is 4.21. The van der Waals surface area contributed by atoms with Gasteiger partial charge in [-0.3, -0.25) is 9.52 Å². The van der Waals surface area contributed by atoms with E-state index in [1.54, 1.807) is 24.3 Å². The van der Waals surface area contributed by atoms with Gasteiger partial charge in [0.1, 0.15) is 0 Å². The van der Waals surface area contributed by atoms with Crippen molar-refractivity contribution in [3.8, 4) is 0 Å². The molecule has 1 atom stereocenters. The average molecular weight is 430 g/mol. The van der Waals surface area contributed by atoms with Crippen LogP contribution in [0.1, 0.15) is 23.2 Å². The Hall–Kier alpha value is -1.80. The second kappa shape index (κ2) is 8.93. The summed E-state index contributed by atoms with van der Waals surface area (Å²) in [5.74, 6) is 0.129. The van der Waals surface area contributed by atoms with Gasteiger partial charge in [-0.25, -0.2) is 8.42 Å². The van der Waals surface area contributed by atoms with E-state index in [-0.39, 0.29) is 34.8 Å². The standard InChI is InChI=1S/C18H20ClN3O3S.ClH/c19-14-4-2-5-15(10-14)22-26(24,25)16-6-1-3-13(9-16)18(23)21-11-17(20)12-7-8-12;/h1-6,9-10,12,17,22H,7-8,11,20H2,(H,21,23);1H. The molecule has 0 saturated heterocycles. The fourth-order valence-electron chi connectivity index (χ4n) is 2.57. The largest absolute Gasteiger partial charge is 0.350 e. The van der Waals surface area contributed by atoms with Gasteiger partial charge < -0.3 is 11.1 Å². The molecule has 1 saturated carbocycles. The number of nitrogens with two attached hydrogens (primary N) is 1. The Morgan fingerprint density at radius 1 is 1.19 bits per heavy atom. The van der Waals surface area contributed by atoms with E-state index in [0.717, 1.165) is 12.8 Å². The van der Waals surface area contributed by atoms with E-state index in [4.69, 9.17) is 17.3 Å². The summed E-state index contributed by atoms with van der Waals surface area (Å²) in [6.45, 7) is 0.376. The molecule has 0 aliphatic heterocycles. The average Bonchev–Trinajstić information content (AvgIpc) is 3.44. The molecule has 3 rings (SSSR count). The van der Waals surface area contributed by atoms with E-state index >= 15 is 0 Å². The molecule has 2 aromatic carbocycles. The summed E-state index contributed by atoms with van der Waals surface area (Å²) in [5.41, 5.74) is 6.59. The van der Waals surface area contributed by atoms with Crippen LogP contribution in [-0.2, 0) is 10.0 Å². The van der Waals surface area contributed by atoms with Crippen LogP contribution in [0.25, 0.3) is 0 Å². The number of hydrogen-bond donors (Lipinski definition) is 3. The number of anilines is 1. The van der Waals surface area contributed by atoms with Crippen LogP contribution in [-0.4, -0.2) is 26.9 Å². The van der Waals surface area contributed by atoms with Crippen LogP contribution in [0.5, 0.6) is 0 Å². The number of carbonyl (C=O) groups excluding carboxylic acids is 1. The zero-order chi connectivity index (χ0) is 18.7. The Bertz CT molecular complexity index is 918. The number of sulfonamides is 1. The van der Waals surface area contributed by atoms with Crippen molar-refractivity contribution < 1.29 is 13.2 Å². The van der Waals surface area contributed by atoms with Gasteiger partial charge in [0.15, 0.2) is 0 Å². The van der Waals surface area contributed by atoms with E-state index < -0.39 is 10.0 Å². The SMILES string of the molecule is Cl.NC(CNC(=O)c1cccc(S(=O)(=O)Nc2cccc(Cl)c2)c1)C1CC1. The van der Waals surface area contributed by atoms with Crippen LogP contribution >= 0.6 is 24.0 Å². The molecule has 0 radical (unpaired) electrons. The first-order chi connectivity index (χ1) is 12.3. The molecule has 0 spiro atoms. The van der Waals surface area contributed by atoms with Crippen molar-refractivity contribution in [3.05, 3.63) is 59.1 Å². The maximum atomic E-state index is 12.5. The van der Waals surface area contributed by atoms with Crippen LogP contribution in [0, 0.1) is 5.92 Å². The maximum absolute atomic E-state index is 12.5. The van der Waals surface area contributed by atoms with Crippen LogP contribution in [0.15, 0.2) is 53.4 Å². The van der Waals surface area contributed by atoms with Gasteiger partial charge in [0.25, 0.3) is 15.9 Å². The number of benzene rings is 2. The van der Waals surface area contributed by atoms with Crippen molar-refractivity contribution in [2.45, 2.75) is 23.8 Å². The minimum atomic E-state index is -3.83. The van der Waals surface area contributed by atoms with Crippen molar-refractivity contribution in [2.24, 2.45) is 11.7 Å². The summed E-state index contributed by atoms with van der Waals surface area (Å²) in [4.78, 5) is 12.3. The van der Waals surface area contributed by atoms with Crippen molar-refractivity contribution in [2.75, 3.05) is 11.3 Å². The van der Waals surface area contributed by atoms with Crippen LogP contribution < -0.4 is 15.8 Å². The minimum Gasteiger partial charge on any atom is -0.350 e. The summed E-state index contributed by atoms with van der Waals surface area (Å²) >= 11 is 5.88. The van der Waals surface area contributed by atoms with Crippen molar-refractivity contribution in [1.29, 1.82) is 0 Å². The highest BCUT2D eigenvalue weighted by atomic mass is 35.5. The number of carbonyl (C=O) groups is 1. The fourth-order valence-corrected chi connectivity index (χ4v) is 3.86. The molecule has 0 bridgehead atoms. The third kappa shape index (κ3) is 5.84. The topological polar surface area (TPSA) is 101 Å². The summed E-state index contributed by atoms with van der Waals surface area (Å²) in [6.07, 6.45) is 2.19. The molecule has 1 fully saturated rings. The number of hydrogen-bond acceptors (Lipinski definition) is 4. The molecule has 1 amide bonds. The number of halogens is 2. The van der Waals surface area contributed by atoms with Crippen molar-refractivity contribution >= 4 is 45.6 Å². The Balaban J connectivity index is 0.00000261. The van der Waals surface area contributed by atoms with E-state index in [2.05, 4.69) is 10.0 Å². The molecule has 0 aromatic heterocycles. The predicted molar refractivity (Wildman–Crippen MR) is 109 cm³/mol. The Morgan fingerprint density at radius 2 is 1.89 bits per heavy atom. The lowest BCUT2D eigenvalue weighted by atomic mass is 10.2. The fraction of sp³-hybridized carbons (Fsp3) is 0.278. The third-order valence-corrected chi connectivity index (χ3v) is 5.82. The van der Waals surface area contributed by atoms with E-state index in [9.17, 15) is 13.2 Å². The molecule has 1 aliphatic rings. The predicted octanol–water partition coefficient (Wildman–Crippen LogP) is 3.03. The summed E-state index contributed by atoms with van der Waals surface area (Å²) < 4.78 is 27.5. The number of nitrogens with one attached hydrogen (secondary N) is 2. The lowest BCUT2D eigenvalue weighted by molar-refractivity contribution is 0.0950. The lowest BCUT2D eigenvalue weighted by Crippen LogP contribution is -2.38. The molecule has 0 heterocycles. The highest BCUT2D eigenvalue weighted by Gasteiger charge is 2.28. The molecular formula is C18H21Cl2N3O3S. The monoisotopic (exact) mass is 429 g/mol. The molecule has 9 heteroatoms. The molecule has 4 N–H and O–H groups in total. The van der Waals surface area contributed by atoms with E-state index in [0.29, 0.717) is 23.2 Å². The van der Waals surface area contributed by atoms with Gasteiger partial charge in [0, 0.05) is 23.2 Å². The highest BCUT2D eigenvalue weighted by Crippen LogP contribution is 2.31. The van der Waals surface area contributed by atoms with E-state index in [1.165, 1.54) is 24.3 Å². The normalized spacial score (nSPS) is 14.7. The quantitative estimate of drug-likeness (QED) is 0.629. The molecule has 1 aliphatic carbocycles. The summed E-state index contributed by atoms with van der Waals surface area (Å²) in [7, 11) is -3.83. The zero-order valence-corrected chi connectivity index (χ0v) is 16.8. The van der Waals surface area contributed by atoms with Gasteiger partial charge in [-0.2, -0.15) is 0 Å². The Morgan fingerprint density at radius 3 is 2.56 bits per heavy atom. The van der Waals surface area contributed by atoms with Gasteiger partial charge in [0.2, 0.25) is 0 Å². The van der Waals surface area contributed by atoms with Crippen LogP contribution in [0.4, 0.5) is 5.69 Å². The van der Waals surface area contributed by atoms with Crippen molar-refractivity contribution in [1.82, 2.24) is 5.32 Å². The molecule has 6 nitrogen and oxygen atoms in total. The Labute approximate surface area is 169 Å². The molecule has 27 heavy (non-hydrogen) atoms. The minimum absolute atomic E-state index is 0. The molecule has 146 valence electrons. The van der Waals surface area contributed by atoms with Gasteiger partial charge in [-0.1, -0.05) is 23.7 Å².